The summed E-state index contributed by atoms with van der Waals surface area (Å²) < 4.78 is 37.0. The molecule has 0 amide bonds. The first kappa shape index (κ1) is 13.3. The van der Waals surface area contributed by atoms with Gasteiger partial charge in [-0.25, -0.2) is 0 Å². The van der Waals surface area contributed by atoms with Crippen molar-refractivity contribution in [1.29, 1.82) is 0 Å². The Morgan fingerprint density at radius 2 is 1.74 bits per heavy atom. The highest BCUT2D eigenvalue weighted by Gasteiger charge is 2.30. The molecule has 0 N–H and O–H groups in total. The van der Waals surface area contributed by atoms with E-state index in [0.29, 0.717) is 5.69 Å². The second kappa shape index (κ2) is 5.69. The van der Waals surface area contributed by atoms with Gasteiger partial charge in [0.1, 0.15) is 0 Å². The molecule has 98 valence electrons. The summed E-state index contributed by atoms with van der Waals surface area (Å²) in [7, 11) is 0. The molecule has 0 fully saturated rings. The Kier molecular flexibility index (Phi) is 4.00. The van der Waals surface area contributed by atoms with E-state index < -0.39 is 11.7 Å². The van der Waals surface area contributed by atoms with Gasteiger partial charge in [-0.15, -0.1) is 0 Å². The van der Waals surface area contributed by atoms with E-state index in [-0.39, 0.29) is 0 Å². The summed E-state index contributed by atoms with van der Waals surface area (Å²) in [4.78, 5) is 3.77. The van der Waals surface area contributed by atoms with Crippen molar-refractivity contribution in [2.75, 3.05) is 0 Å². The minimum Gasteiger partial charge on any atom is -0.256 e. The molecule has 0 saturated heterocycles. The molecule has 1 aromatic heterocycles. The van der Waals surface area contributed by atoms with Crippen molar-refractivity contribution in [1.82, 2.24) is 4.98 Å². The van der Waals surface area contributed by atoms with Gasteiger partial charge in [0.25, 0.3) is 0 Å². The second-order valence-electron chi connectivity index (χ2n) is 4.06. The van der Waals surface area contributed by atoms with Gasteiger partial charge < -0.3 is 0 Å². The van der Waals surface area contributed by atoms with Crippen molar-refractivity contribution in [3.63, 3.8) is 0 Å². The Hall–Kier alpha value is -2.10. The van der Waals surface area contributed by atoms with E-state index in [9.17, 15) is 13.2 Å². The zero-order chi connectivity index (χ0) is 13.7. The molecule has 1 heterocycles. The summed E-state index contributed by atoms with van der Waals surface area (Å²) in [5, 5.41) is 0. The van der Waals surface area contributed by atoms with Crippen LogP contribution in [0.25, 0.3) is 6.08 Å². The van der Waals surface area contributed by atoms with Crippen LogP contribution in [0.1, 0.15) is 16.8 Å². The number of nitrogens with zero attached hydrogens (tertiary/aromatic N) is 1. The summed E-state index contributed by atoms with van der Waals surface area (Å²) in [6, 6.07) is 12.2. The van der Waals surface area contributed by atoms with Crippen molar-refractivity contribution in [2.45, 2.75) is 12.6 Å². The molecule has 2 aromatic rings. The van der Waals surface area contributed by atoms with Crippen molar-refractivity contribution < 1.29 is 13.2 Å². The van der Waals surface area contributed by atoms with Crippen molar-refractivity contribution in [3.8, 4) is 0 Å². The van der Waals surface area contributed by atoms with E-state index in [1.54, 1.807) is 6.08 Å². The monoisotopic (exact) mass is 263 g/mol. The molecule has 4 heteroatoms. The van der Waals surface area contributed by atoms with E-state index in [1.807, 2.05) is 36.4 Å². The number of benzene rings is 1. The highest BCUT2D eigenvalue weighted by atomic mass is 19.4. The first-order valence-corrected chi connectivity index (χ1v) is 5.79. The van der Waals surface area contributed by atoms with Crippen LogP contribution in [-0.4, -0.2) is 4.98 Å². The van der Waals surface area contributed by atoms with E-state index >= 15 is 0 Å². The predicted molar refractivity (Wildman–Crippen MR) is 68.4 cm³/mol. The SMILES string of the molecule is FC(F)(F)c1ccc(/C=C/Cc2ccccc2)nc1. The molecule has 0 aliphatic carbocycles. The van der Waals surface area contributed by atoms with Gasteiger partial charge in [0, 0.05) is 6.20 Å². The van der Waals surface area contributed by atoms with Gasteiger partial charge in [-0.3, -0.25) is 4.98 Å². The molecule has 0 spiro atoms. The molecule has 2 rings (SSSR count). The van der Waals surface area contributed by atoms with E-state index in [0.717, 1.165) is 24.2 Å². The fraction of sp³-hybridized carbons (Fsp3) is 0.133. The van der Waals surface area contributed by atoms with Crippen LogP contribution >= 0.6 is 0 Å². The second-order valence-corrected chi connectivity index (χ2v) is 4.06. The highest BCUT2D eigenvalue weighted by molar-refractivity contribution is 5.45. The summed E-state index contributed by atoms with van der Waals surface area (Å²) in [6.45, 7) is 0. The fourth-order valence-corrected chi connectivity index (χ4v) is 1.60. The molecule has 1 nitrogen and oxygen atoms in total. The number of rotatable bonds is 3. The van der Waals surface area contributed by atoms with Crippen LogP contribution in [0, 0.1) is 0 Å². The average Bonchev–Trinajstić information content (AvgIpc) is 2.39. The molecule has 0 radical (unpaired) electrons. The van der Waals surface area contributed by atoms with Gasteiger partial charge in [0.05, 0.1) is 11.3 Å². The van der Waals surface area contributed by atoms with Crippen LogP contribution in [0.2, 0.25) is 0 Å². The number of allylic oxidation sites excluding steroid dienone is 1. The third kappa shape index (κ3) is 3.95. The Labute approximate surface area is 109 Å². The van der Waals surface area contributed by atoms with Crippen LogP contribution in [0.15, 0.2) is 54.7 Å². The largest absolute Gasteiger partial charge is 0.417 e. The van der Waals surface area contributed by atoms with Crippen molar-refractivity contribution in [3.05, 3.63) is 71.6 Å². The van der Waals surface area contributed by atoms with Crippen LogP contribution in [0.4, 0.5) is 13.2 Å². The summed E-state index contributed by atoms with van der Waals surface area (Å²) in [5.74, 6) is 0. The smallest absolute Gasteiger partial charge is 0.256 e. The Morgan fingerprint density at radius 1 is 1.00 bits per heavy atom. The lowest BCUT2D eigenvalue weighted by Gasteiger charge is -2.05. The van der Waals surface area contributed by atoms with Crippen LogP contribution in [0.5, 0.6) is 0 Å². The van der Waals surface area contributed by atoms with E-state index in [1.165, 1.54) is 6.07 Å². The number of aromatic nitrogens is 1. The third-order valence-electron chi connectivity index (χ3n) is 2.60. The molecule has 0 aliphatic rings. The maximum atomic E-state index is 12.3. The summed E-state index contributed by atoms with van der Waals surface area (Å²) >= 11 is 0. The Balaban J connectivity index is 2.00. The van der Waals surface area contributed by atoms with Gasteiger partial charge in [0.15, 0.2) is 0 Å². The lowest BCUT2D eigenvalue weighted by atomic mass is 10.1. The molecule has 19 heavy (non-hydrogen) atoms. The molecule has 0 bridgehead atoms. The predicted octanol–water partition coefficient (Wildman–Crippen LogP) is 4.36. The number of hydrogen-bond acceptors (Lipinski definition) is 1. The van der Waals surface area contributed by atoms with Gasteiger partial charge in [-0.1, -0.05) is 36.4 Å². The Bertz CT molecular complexity index is 542. The highest BCUT2D eigenvalue weighted by Crippen LogP contribution is 2.28. The van der Waals surface area contributed by atoms with Crippen molar-refractivity contribution in [2.24, 2.45) is 0 Å². The van der Waals surface area contributed by atoms with Crippen LogP contribution < -0.4 is 0 Å². The molecule has 0 atom stereocenters. The van der Waals surface area contributed by atoms with Gasteiger partial charge in [-0.2, -0.15) is 13.2 Å². The number of alkyl halides is 3. The van der Waals surface area contributed by atoms with Gasteiger partial charge in [-0.05, 0) is 30.2 Å². The van der Waals surface area contributed by atoms with Gasteiger partial charge >= 0.3 is 6.18 Å². The lowest BCUT2D eigenvalue weighted by Crippen LogP contribution is -2.05. The minimum absolute atomic E-state index is 0.518. The fourth-order valence-electron chi connectivity index (χ4n) is 1.60. The summed E-state index contributed by atoms with van der Waals surface area (Å²) in [6.07, 6.45) is 0.836. The molecule has 0 unspecified atom stereocenters. The zero-order valence-corrected chi connectivity index (χ0v) is 10.1. The van der Waals surface area contributed by atoms with Crippen LogP contribution in [-0.2, 0) is 12.6 Å². The average molecular weight is 263 g/mol. The van der Waals surface area contributed by atoms with E-state index in [4.69, 9.17) is 0 Å². The number of halogens is 3. The maximum Gasteiger partial charge on any atom is 0.417 e. The molecular weight excluding hydrogens is 251 g/mol. The van der Waals surface area contributed by atoms with Crippen molar-refractivity contribution >= 4 is 6.08 Å². The van der Waals surface area contributed by atoms with Gasteiger partial charge in [0.2, 0.25) is 0 Å². The zero-order valence-electron chi connectivity index (χ0n) is 10.1. The lowest BCUT2D eigenvalue weighted by molar-refractivity contribution is -0.137. The topological polar surface area (TPSA) is 12.9 Å². The molecule has 1 aromatic carbocycles. The van der Waals surface area contributed by atoms with Crippen LogP contribution in [0.3, 0.4) is 0 Å². The standard InChI is InChI=1S/C15H12F3N/c16-15(17,18)13-9-10-14(19-11-13)8-4-7-12-5-2-1-3-6-12/h1-6,8-11H,7H2/b8-4+. The summed E-state index contributed by atoms with van der Waals surface area (Å²) in [5.41, 5.74) is 0.933. The number of hydrogen-bond donors (Lipinski definition) is 0. The third-order valence-corrected chi connectivity index (χ3v) is 2.60. The molecular formula is C15H12F3N. The Morgan fingerprint density at radius 3 is 2.32 bits per heavy atom. The quantitative estimate of drug-likeness (QED) is 0.802. The molecule has 0 saturated carbocycles. The first-order chi connectivity index (χ1) is 9.05. The minimum atomic E-state index is -4.33. The molecule has 0 aliphatic heterocycles. The van der Waals surface area contributed by atoms with E-state index in [2.05, 4.69) is 4.98 Å². The maximum absolute atomic E-state index is 12.3. The number of pyridine rings is 1. The normalized spacial score (nSPS) is 11.9. The first-order valence-electron chi connectivity index (χ1n) is 5.79.